The van der Waals surface area contributed by atoms with Crippen LogP contribution in [0.2, 0.25) is 0 Å². The van der Waals surface area contributed by atoms with E-state index in [4.69, 9.17) is 9.15 Å². The van der Waals surface area contributed by atoms with Gasteiger partial charge in [0.2, 0.25) is 0 Å². The average molecular weight is 343 g/mol. The minimum absolute atomic E-state index is 0.0139. The zero-order chi connectivity index (χ0) is 17.6. The largest absolute Gasteiger partial charge is 0.496 e. The topological polar surface area (TPSA) is 62.9 Å². The molecular formula is C20H25NO4. The van der Waals surface area contributed by atoms with Crippen molar-refractivity contribution < 1.29 is 19.1 Å². The van der Waals surface area contributed by atoms with E-state index >= 15 is 0 Å². The monoisotopic (exact) mass is 343 g/mol. The number of carbonyl (C=O) groups is 1. The van der Waals surface area contributed by atoms with Gasteiger partial charge in [-0.1, -0.05) is 25.0 Å². The molecule has 1 aliphatic heterocycles. The van der Waals surface area contributed by atoms with E-state index in [1.165, 1.54) is 0 Å². The first-order valence-electron chi connectivity index (χ1n) is 8.86. The molecule has 1 aliphatic rings. The maximum atomic E-state index is 13.2. The van der Waals surface area contributed by atoms with Crippen molar-refractivity contribution in [1.82, 2.24) is 4.90 Å². The molecule has 1 N–H and O–H groups in total. The first-order chi connectivity index (χ1) is 12.2. The smallest absolute Gasteiger partial charge is 0.257 e. The van der Waals surface area contributed by atoms with Crippen LogP contribution in [-0.4, -0.2) is 35.6 Å². The summed E-state index contributed by atoms with van der Waals surface area (Å²) < 4.78 is 10.7. The molecular weight excluding hydrogens is 318 g/mol. The molecule has 0 saturated carbocycles. The summed E-state index contributed by atoms with van der Waals surface area (Å²) in [5, 5.41) is 10.5. The lowest BCUT2D eigenvalue weighted by Gasteiger charge is -2.31. The predicted octanol–water partition coefficient (Wildman–Crippen LogP) is 3.80. The first kappa shape index (κ1) is 17.5. The number of para-hydroxylation sites is 1. The highest BCUT2D eigenvalue weighted by Gasteiger charge is 2.30. The van der Waals surface area contributed by atoms with Crippen molar-refractivity contribution in [3.63, 3.8) is 0 Å². The van der Waals surface area contributed by atoms with Gasteiger partial charge in [-0.2, -0.15) is 0 Å². The minimum Gasteiger partial charge on any atom is -0.496 e. The number of hydrogen-bond acceptors (Lipinski definition) is 4. The molecule has 25 heavy (non-hydrogen) atoms. The van der Waals surface area contributed by atoms with E-state index in [-0.39, 0.29) is 11.9 Å². The molecule has 0 aliphatic carbocycles. The number of hydrogen-bond donors (Lipinski definition) is 1. The van der Waals surface area contributed by atoms with E-state index in [2.05, 4.69) is 0 Å². The molecule has 1 saturated heterocycles. The maximum absolute atomic E-state index is 13.2. The summed E-state index contributed by atoms with van der Waals surface area (Å²) in [4.78, 5) is 15.1. The molecule has 5 heteroatoms. The first-order valence-corrected chi connectivity index (χ1v) is 8.86. The van der Waals surface area contributed by atoms with Gasteiger partial charge < -0.3 is 19.2 Å². The zero-order valence-electron chi connectivity index (χ0n) is 14.6. The normalized spacial score (nSPS) is 19.3. The van der Waals surface area contributed by atoms with Gasteiger partial charge in [0, 0.05) is 19.0 Å². The molecule has 1 amide bonds. The van der Waals surface area contributed by atoms with Crippen molar-refractivity contribution in [3.05, 3.63) is 54.0 Å². The Kier molecular flexibility index (Phi) is 5.76. The molecule has 1 aromatic carbocycles. The highest BCUT2D eigenvalue weighted by molar-refractivity contribution is 5.97. The average Bonchev–Trinajstić information content (AvgIpc) is 3.09. The van der Waals surface area contributed by atoms with Crippen molar-refractivity contribution in [2.75, 3.05) is 13.7 Å². The lowest BCUT2D eigenvalue weighted by molar-refractivity contribution is 0.0554. The maximum Gasteiger partial charge on any atom is 0.257 e. The quantitative estimate of drug-likeness (QED) is 0.897. The van der Waals surface area contributed by atoms with Crippen LogP contribution in [-0.2, 0) is 0 Å². The number of aliphatic hydroxyl groups is 1. The summed E-state index contributed by atoms with van der Waals surface area (Å²) in [5.41, 5.74) is 0.574. The Morgan fingerprint density at radius 2 is 2.12 bits per heavy atom. The van der Waals surface area contributed by atoms with Crippen LogP contribution in [0.1, 0.15) is 54.3 Å². The third-order valence-corrected chi connectivity index (χ3v) is 4.84. The van der Waals surface area contributed by atoms with Gasteiger partial charge in [-0.25, -0.2) is 0 Å². The van der Waals surface area contributed by atoms with Crippen LogP contribution in [0, 0.1) is 0 Å². The van der Waals surface area contributed by atoms with Crippen molar-refractivity contribution in [2.45, 2.75) is 44.2 Å². The number of likely N-dealkylation sites (tertiary alicyclic amines) is 1. The molecule has 0 spiro atoms. The summed E-state index contributed by atoms with van der Waals surface area (Å²) in [6.07, 6.45) is 5.37. The Morgan fingerprint density at radius 3 is 2.88 bits per heavy atom. The van der Waals surface area contributed by atoms with Gasteiger partial charge in [0.25, 0.3) is 5.91 Å². The number of furan rings is 1. The van der Waals surface area contributed by atoms with E-state index in [0.29, 0.717) is 30.0 Å². The fourth-order valence-corrected chi connectivity index (χ4v) is 3.52. The summed E-state index contributed by atoms with van der Waals surface area (Å²) in [7, 11) is 1.58. The molecule has 2 atom stereocenters. The molecule has 2 aromatic rings. The Labute approximate surface area is 148 Å². The van der Waals surface area contributed by atoms with Gasteiger partial charge in [0.05, 0.1) is 18.9 Å². The number of ether oxygens (including phenoxy) is 1. The number of rotatable bonds is 5. The SMILES string of the molecule is COc1ccccc1C(=O)N1CCCCCC1CC(O)c1ccco1. The van der Waals surface area contributed by atoms with Crippen LogP contribution in [0.5, 0.6) is 5.75 Å². The third-order valence-electron chi connectivity index (χ3n) is 4.84. The fraction of sp³-hybridized carbons (Fsp3) is 0.450. The predicted molar refractivity (Wildman–Crippen MR) is 94.6 cm³/mol. The van der Waals surface area contributed by atoms with E-state index < -0.39 is 6.10 Å². The van der Waals surface area contributed by atoms with Crippen LogP contribution >= 0.6 is 0 Å². The number of methoxy groups -OCH3 is 1. The number of aliphatic hydroxyl groups excluding tert-OH is 1. The van der Waals surface area contributed by atoms with Crippen LogP contribution in [0.4, 0.5) is 0 Å². The highest BCUT2D eigenvalue weighted by atomic mass is 16.5. The van der Waals surface area contributed by atoms with E-state index in [9.17, 15) is 9.90 Å². The molecule has 2 heterocycles. The standard InChI is InChI=1S/C20H25NO4/c1-24-18-10-5-4-9-16(18)20(23)21-12-6-2-3-8-15(21)14-17(22)19-11-7-13-25-19/h4-5,7,9-11,13,15,17,22H,2-3,6,8,12,14H2,1H3. The Hall–Kier alpha value is -2.27. The van der Waals surface area contributed by atoms with Crippen LogP contribution in [0.25, 0.3) is 0 Å². The second kappa shape index (κ2) is 8.21. The van der Waals surface area contributed by atoms with Gasteiger partial charge >= 0.3 is 0 Å². The number of benzene rings is 1. The Balaban J connectivity index is 1.81. The molecule has 134 valence electrons. The summed E-state index contributed by atoms with van der Waals surface area (Å²) in [5.74, 6) is 1.10. The molecule has 3 rings (SSSR count). The van der Waals surface area contributed by atoms with Gasteiger partial charge in [-0.3, -0.25) is 4.79 Å². The van der Waals surface area contributed by atoms with Crippen LogP contribution in [0.15, 0.2) is 47.1 Å². The van der Waals surface area contributed by atoms with Crippen molar-refractivity contribution in [1.29, 1.82) is 0 Å². The second-order valence-corrected chi connectivity index (χ2v) is 6.47. The Morgan fingerprint density at radius 1 is 1.28 bits per heavy atom. The molecule has 1 fully saturated rings. The molecule has 1 aromatic heterocycles. The van der Waals surface area contributed by atoms with E-state index in [1.54, 1.807) is 37.6 Å². The molecule has 0 radical (unpaired) electrons. The molecule has 5 nitrogen and oxygen atoms in total. The zero-order valence-corrected chi connectivity index (χ0v) is 14.6. The van der Waals surface area contributed by atoms with Crippen molar-refractivity contribution in [3.8, 4) is 5.75 Å². The van der Waals surface area contributed by atoms with E-state index in [1.807, 2.05) is 17.0 Å². The van der Waals surface area contributed by atoms with E-state index in [0.717, 1.165) is 25.7 Å². The Bertz CT molecular complexity index is 683. The molecule has 2 unspecified atom stereocenters. The van der Waals surface area contributed by atoms with Gasteiger partial charge in [0.1, 0.15) is 17.6 Å². The lowest BCUT2D eigenvalue weighted by Crippen LogP contribution is -2.41. The summed E-state index contributed by atoms with van der Waals surface area (Å²) in [6, 6.07) is 10.8. The van der Waals surface area contributed by atoms with Gasteiger partial charge in [0.15, 0.2) is 0 Å². The fourth-order valence-electron chi connectivity index (χ4n) is 3.52. The second-order valence-electron chi connectivity index (χ2n) is 6.47. The van der Waals surface area contributed by atoms with Gasteiger partial charge in [-0.05, 0) is 37.1 Å². The van der Waals surface area contributed by atoms with Crippen molar-refractivity contribution >= 4 is 5.91 Å². The summed E-state index contributed by atoms with van der Waals surface area (Å²) in [6.45, 7) is 0.701. The molecule has 0 bridgehead atoms. The summed E-state index contributed by atoms with van der Waals surface area (Å²) >= 11 is 0. The number of nitrogens with zero attached hydrogens (tertiary/aromatic N) is 1. The van der Waals surface area contributed by atoms with Crippen molar-refractivity contribution in [2.24, 2.45) is 0 Å². The van der Waals surface area contributed by atoms with Crippen LogP contribution < -0.4 is 4.74 Å². The lowest BCUT2D eigenvalue weighted by atomic mass is 10.0. The third kappa shape index (κ3) is 4.04. The number of carbonyl (C=O) groups excluding carboxylic acids is 1. The number of amides is 1. The van der Waals surface area contributed by atoms with Crippen LogP contribution in [0.3, 0.4) is 0 Å². The highest BCUT2D eigenvalue weighted by Crippen LogP contribution is 2.29. The minimum atomic E-state index is -0.703. The van der Waals surface area contributed by atoms with Gasteiger partial charge in [-0.15, -0.1) is 0 Å².